The number of nitrogens with one attached hydrogen (secondary N) is 4. The van der Waals surface area contributed by atoms with Gasteiger partial charge in [-0.2, -0.15) is 0 Å². The summed E-state index contributed by atoms with van der Waals surface area (Å²) in [6, 6.07) is 6.58. The van der Waals surface area contributed by atoms with E-state index in [0.29, 0.717) is 24.5 Å². The maximum atomic E-state index is 12.7. The SMILES string of the molecule is Cc1cc(NC(=O)NCCC[Si](C)(O[Si](C)(C)C)O[Si](C)(C)C)cc(NC(=O)NCCC[Si](C)(O[Si](C)(C)C)O[Si](C)(C)C)c1. The fourth-order valence-corrected chi connectivity index (χ4v) is 30.4. The Hall–Kier alpha value is -1.10. The lowest BCUT2D eigenvalue weighted by Gasteiger charge is -2.38. The Morgan fingerprint density at radius 1 is 0.533 bits per heavy atom. The minimum Gasteiger partial charge on any atom is -0.437 e. The van der Waals surface area contributed by atoms with E-state index in [1.54, 1.807) is 6.07 Å². The lowest BCUT2D eigenvalue weighted by molar-refractivity contribution is 0.251. The highest BCUT2D eigenvalue weighted by Crippen LogP contribution is 2.27. The summed E-state index contributed by atoms with van der Waals surface area (Å²) >= 11 is 0. The van der Waals surface area contributed by atoms with Gasteiger partial charge < -0.3 is 37.7 Å². The molecular weight excluding hydrogens is 669 g/mol. The smallest absolute Gasteiger partial charge is 0.319 e. The average Bonchev–Trinajstić information content (AvgIpc) is 2.74. The topological polar surface area (TPSA) is 119 Å². The molecule has 0 unspecified atom stereocenters. The zero-order valence-electron chi connectivity index (χ0n) is 30.9. The quantitative estimate of drug-likeness (QED) is 0.0887. The van der Waals surface area contributed by atoms with E-state index in [-0.39, 0.29) is 12.1 Å². The lowest BCUT2D eigenvalue weighted by Crippen LogP contribution is -2.52. The van der Waals surface area contributed by atoms with Crippen molar-refractivity contribution in [3.63, 3.8) is 0 Å². The highest BCUT2D eigenvalue weighted by Gasteiger charge is 2.40. The Kier molecular flexibility index (Phi) is 15.7. The van der Waals surface area contributed by atoms with Gasteiger partial charge in [-0.3, -0.25) is 0 Å². The van der Waals surface area contributed by atoms with E-state index < -0.39 is 50.4 Å². The molecular formula is C29H64N4O6Si6. The number of amides is 4. The van der Waals surface area contributed by atoms with Crippen LogP contribution in [0.5, 0.6) is 0 Å². The van der Waals surface area contributed by atoms with Crippen LogP contribution in [0.1, 0.15) is 18.4 Å². The van der Waals surface area contributed by atoms with Gasteiger partial charge >= 0.3 is 29.2 Å². The van der Waals surface area contributed by atoms with E-state index in [1.165, 1.54) is 0 Å². The molecule has 0 aromatic heterocycles. The van der Waals surface area contributed by atoms with Gasteiger partial charge in [0.15, 0.2) is 33.3 Å². The van der Waals surface area contributed by atoms with E-state index in [9.17, 15) is 9.59 Å². The van der Waals surface area contributed by atoms with Gasteiger partial charge in [0.05, 0.1) is 0 Å². The van der Waals surface area contributed by atoms with Crippen molar-refractivity contribution in [1.82, 2.24) is 10.6 Å². The van der Waals surface area contributed by atoms with Gasteiger partial charge in [0.2, 0.25) is 0 Å². The predicted octanol–water partition coefficient (Wildman–Crippen LogP) is 8.57. The molecule has 0 aliphatic heterocycles. The molecule has 0 bridgehead atoms. The molecule has 0 aliphatic rings. The van der Waals surface area contributed by atoms with Gasteiger partial charge in [0.1, 0.15) is 0 Å². The van der Waals surface area contributed by atoms with Crippen LogP contribution in [0.25, 0.3) is 0 Å². The zero-order valence-corrected chi connectivity index (χ0v) is 36.9. The first-order valence-electron chi connectivity index (χ1n) is 16.2. The van der Waals surface area contributed by atoms with Crippen LogP contribution in [-0.2, 0) is 16.5 Å². The Morgan fingerprint density at radius 3 is 1.09 bits per heavy atom. The van der Waals surface area contributed by atoms with Gasteiger partial charge in [0.25, 0.3) is 0 Å². The second kappa shape index (κ2) is 16.8. The Balaban J connectivity index is 2.64. The molecule has 1 aromatic rings. The fraction of sp³-hybridized carbons (Fsp3) is 0.724. The molecule has 1 rings (SSSR count). The van der Waals surface area contributed by atoms with Gasteiger partial charge in [-0.25, -0.2) is 9.59 Å². The fourth-order valence-electron chi connectivity index (χ4n) is 5.34. The number of hydrogen-bond acceptors (Lipinski definition) is 6. The highest BCUT2D eigenvalue weighted by atomic mass is 28.5. The van der Waals surface area contributed by atoms with Crippen molar-refractivity contribution in [2.75, 3.05) is 23.7 Å². The Bertz CT molecular complexity index is 1000. The predicted molar refractivity (Wildman–Crippen MR) is 205 cm³/mol. The average molecular weight is 733 g/mol. The number of carbonyl (C=O) groups is 2. The van der Waals surface area contributed by atoms with Crippen molar-refractivity contribution in [3.05, 3.63) is 23.8 Å². The second-order valence-corrected chi connectivity index (χ2v) is 41.9. The molecule has 16 heteroatoms. The molecule has 10 nitrogen and oxygen atoms in total. The van der Waals surface area contributed by atoms with Crippen LogP contribution in [0.15, 0.2) is 18.2 Å². The van der Waals surface area contributed by atoms with Crippen molar-refractivity contribution >= 4 is 73.8 Å². The van der Waals surface area contributed by atoms with Gasteiger partial charge in [-0.1, -0.05) is 0 Å². The van der Waals surface area contributed by atoms with E-state index in [4.69, 9.17) is 16.5 Å². The third-order valence-corrected chi connectivity index (χ3v) is 25.1. The summed E-state index contributed by atoms with van der Waals surface area (Å²) < 4.78 is 26.2. The van der Waals surface area contributed by atoms with Crippen molar-refractivity contribution in [2.24, 2.45) is 0 Å². The first-order chi connectivity index (χ1) is 20.2. The number of aryl methyl sites for hydroxylation is 1. The zero-order chi connectivity index (χ0) is 34.9. The number of carbonyl (C=O) groups excluding carboxylic acids is 2. The summed E-state index contributed by atoms with van der Waals surface area (Å²) in [6.45, 7) is 33.6. The van der Waals surface area contributed by atoms with E-state index >= 15 is 0 Å². The van der Waals surface area contributed by atoms with Crippen molar-refractivity contribution in [2.45, 2.75) is 124 Å². The van der Waals surface area contributed by atoms with Crippen LogP contribution < -0.4 is 21.3 Å². The largest absolute Gasteiger partial charge is 0.437 e. The number of benzene rings is 1. The van der Waals surface area contributed by atoms with Crippen molar-refractivity contribution < 1.29 is 26.0 Å². The van der Waals surface area contributed by atoms with Crippen LogP contribution in [0.2, 0.25) is 104 Å². The highest BCUT2D eigenvalue weighted by molar-refractivity contribution is 6.88. The van der Waals surface area contributed by atoms with Crippen molar-refractivity contribution in [1.29, 1.82) is 0 Å². The first kappa shape index (κ1) is 41.9. The molecule has 0 fully saturated rings. The number of urea groups is 2. The number of anilines is 2. The van der Waals surface area contributed by atoms with Crippen LogP contribution in [-0.4, -0.2) is 75.5 Å². The molecule has 0 atom stereocenters. The maximum Gasteiger partial charge on any atom is 0.319 e. The van der Waals surface area contributed by atoms with Gasteiger partial charge in [-0.15, -0.1) is 0 Å². The molecule has 0 aliphatic carbocycles. The van der Waals surface area contributed by atoms with Gasteiger partial charge in [0, 0.05) is 24.5 Å². The summed E-state index contributed by atoms with van der Waals surface area (Å²) in [5, 5.41) is 11.7. The number of hydrogen-bond donors (Lipinski definition) is 4. The first-order valence-corrected chi connectivity index (χ1v) is 34.9. The maximum absolute atomic E-state index is 12.7. The normalized spacial score (nSPS) is 13.4. The molecule has 4 N–H and O–H groups in total. The molecule has 0 heterocycles. The van der Waals surface area contributed by atoms with Crippen LogP contribution in [0.3, 0.4) is 0 Å². The van der Waals surface area contributed by atoms with Crippen LogP contribution in [0, 0.1) is 6.92 Å². The molecule has 45 heavy (non-hydrogen) atoms. The van der Waals surface area contributed by atoms with Gasteiger partial charge in [-0.05, 0) is 147 Å². The summed E-state index contributed by atoms with van der Waals surface area (Å²) in [4.78, 5) is 25.4. The summed E-state index contributed by atoms with van der Waals surface area (Å²) in [6.07, 6.45) is 1.56. The third kappa shape index (κ3) is 20.7. The van der Waals surface area contributed by atoms with E-state index in [2.05, 4.69) is 113 Å². The third-order valence-electron chi connectivity index (χ3n) is 5.87. The standard InChI is InChI=1S/C29H64N4O6Si6/c1-25-22-26(32-28(34)30-18-16-20-44(14,36-40(2,3)4)37-41(5,6)7)24-27(23-25)33-29(35)31-19-17-21-45(15,38-42(8,9)10)39-43(11,12)13/h22-24H,16-21H2,1-15H3,(H2,30,32,34)(H2,31,33,35). The summed E-state index contributed by atoms with van der Waals surface area (Å²) in [5.74, 6) is 0. The van der Waals surface area contributed by atoms with E-state index in [0.717, 1.165) is 30.5 Å². The molecule has 260 valence electrons. The molecule has 1 aromatic carbocycles. The van der Waals surface area contributed by atoms with Crippen LogP contribution >= 0.6 is 0 Å². The second-order valence-electron chi connectivity index (χ2n) is 16.2. The molecule has 4 amide bonds. The summed E-state index contributed by atoms with van der Waals surface area (Å²) in [7, 11) is -11.7. The van der Waals surface area contributed by atoms with Crippen LogP contribution in [0.4, 0.5) is 21.0 Å². The molecule has 0 saturated carbocycles. The molecule has 0 saturated heterocycles. The molecule has 0 spiro atoms. The van der Waals surface area contributed by atoms with E-state index in [1.807, 2.05) is 19.1 Å². The monoisotopic (exact) mass is 732 g/mol. The Morgan fingerprint density at radius 2 is 0.822 bits per heavy atom. The lowest BCUT2D eigenvalue weighted by atomic mass is 10.2. The molecule has 0 radical (unpaired) electrons. The van der Waals surface area contributed by atoms with Crippen molar-refractivity contribution in [3.8, 4) is 0 Å². The number of rotatable bonds is 18. The Labute approximate surface area is 280 Å². The minimum absolute atomic E-state index is 0.287. The minimum atomic E-state index is -2.34. The summed E-state index contributed by atoms with van der Waals surface area (Å²) in [5.41, 5.74) is 2.14.